The number of anilines is 2. The SMILES string of the molecule is COC1CN([C@H]2CC[C@H](CNc3ncnc4ccc(N)cc34)CC2)C1. The number of ether oxygens (including phenoxy) is 1. The van der Waals surface area contributed by atoms with E-state index in [1.54, 1.807) is 6.33 Å². The van der Waals surface area contributed by atoms with Crippen molar-refractivity contribution in [2.45, 2.75) is 37.8 Å². The van der Waals surface area contributed by atoms with E-state index >= 15 is 0 Å². The van der Waals surface area contributed by atoms with Gasteiger partial charge in [0.25, 0.3) is 0 Å². The number of rotatable bonds is 5. The summed E-state index contributed by atoms with van der Waals surface area (Å²) in [5, 5.41) is 4.53. The van der Waals surface area contributed by atoms with E-state index in [0.29, 0.717) is 12.0 Å². The zero-order chi connectivity index (χ0) is 17.2. The number of nitrogens with zero attached hydrogens (tertiary/aromatic N) is 3. The van der Waals surface area contributed by atoms with Gasteiger partial charge in [-0.2, -0.15) is 0 Å². The van der Waals surface area contributed by atoms with Gasteiger partial charge >= 0.3 is 0 Å². The molecule has 4 rings (SSSR count). The lowest BCUT2D eigenvalue weighted by Crippen LogP contribution is -2.56. The third-order valence-electron chi connectivity index (χ3n) is 5.76. The molecular formula is C19H27N5O. The molecule has 25 heavy (non-hydrogen) atoms. The van der Waals surface area contributed by atoms with Crippen LogP contribution in [-0.4, -0.2) is 53.8 Å². The van der Waals surface area contributed by atoms with Crippen LogP contribution in [0.25, 0.3) is 10.9 Å². The fraction of sp³-hybridized carbons (Fsp3) is 0.579. The van der Waals surface area contributed by atoms with Crippen LogP contribution < -0.4 is 11.1 Å². The second-order valence-electron chi connectivity index (χ2n) is 7.37. The normalized spacial score (nSPS) is 25.0. The van der Waals surface area contributed by atoms with Crippen LogP contribution in [0.4, 0.5) is 11.5 Å². The Kier molecular flexibility index (Phi) is 4.72. The molecule has 0 radical (unpaired) electrons. The number of nitrogens with two attached hydrogens (primary N) is 1. The van der Waals surface area contributed by atoms with Crippen LogP contribution in [0.5, 0.6) is 0 Å². The zero-order valence-electron chi connectivity index (χ0n) is 14.8. The lowest BCUT2D eigenvalue weighted by Gasteiger charge is -2.46. The summed E-state index contributed by atoms with van der Waals surface area (Å²) >= 11 is 0. The maximum absolute atomic E-state index is 5.92. The Hall–Kier alpha value is -1.92. The van der Waals surface area contributed by atoms with Gasteiger partial charge in [-0.3, -0.25) is 4.90 Å². The molecule has 3 N–H and O–H groups in total. The molecule has 2 aromatic rings. The largest absolute Gasteiger partial charge is 0.399 e. The molecule has 2 heterocycles. The molecule has 0 amide bonds. The molecule has 1 aliphatic carbocycles. The van der Waals surface area contributed by atoms with Crippen LogP contribution in [0, 0.1) is 5.92 Å². The van der Waals surface area contributed by atoms with Crippen LogP contribution in [0.1, 0.15) is 25.7 Å². The Labute approximate surface area is 148 Å². The molecule has 2 aliphatic rings. The average molecular weight is 341 g/mol. The molecule has 2 fully saturated rings. The van der Waals surface area contributed by atoms with E-state index in [2.05, 4.69) is 20.2 Å². The van der Waals surface area contributed by atoms with Crippen LogP contribution in [0.3, 0.4) is 0 Å². The molecule has 1 aliphatic heterocycles. The molecular weight excluding hydrogens is 314 g/mol. The number of likely N-dealkylation sites (tertiary alicyclic amines) is 1. The van der Waals surface area contributed by atoms with Crippen LogP contribution in [0.15, 0.2) is 24.5 Å². The monoisotopic (exact) mass is 341 g/mol. The van der Waals surface area contributed by atoms with E-state index in [1.165, 1.54) is 25.7 Å². The highest BCUT2D eigenvalue weighted by Gasteiger charge is 2.34. The quantitative estimate of drug-likeness (QED) is 0.814. The molecule has 1 aromatic heterocycles. The van der Waals surface area contributed by atoms with Gasteiger partial charge in [-0.1, -0.05) is 0 Å². The van der Waals surface area contributed by atoms with Gasteiger partial charge in [-0.05, 0) is 49.8 Å². The summed E-state index contributed by atoms with van der Waals surface area (Å²) in [5.41, 5.74) is 7.59. The molecule has 1 saturated carbocycles. The first-order chi connectivity index (χ1) is 12.2. The Morgan fingerprint density at radius 1 is 1.20 bits per heavy atom. The molecule has 0 spiro atoms. The van der Waals surface area contributed by atoms with Crippen molar-refractivity contribution < 1.29 is 4.74 Å². The number of fused-ring (bicyclic) bond motifs is 1. The Bertz CT molecular complexity index is 723. The van der Waals surface area contributed by atoms with Crippen LogP contribution in [-0.2, 0) is 4.74 Å². The van der Waals surface area contributed by atoms with Crippen molar-refractivity contribution in [3.05, 3.63) is 24.5 Å². The molecule has 134 valence electrons. The van der Waals surface area contributed by atoms with Crippen LogP contribution >= 0.6 is 0 Å². The minimum absolute atomic E-state index is 0.456. The van der Waals surface area contributed by atoms with E-state index in [4.69, 9.17) is 10.5 Å². The van der Waals surface area contributed by atoms with Crippen molar-refractivity contribution in [1.82, 2.24) is 14.9 Å². The summed E-state index contributed by atoms with van der Waals surface area (Å²) in [6.45, 7) is 3.19. The van der Waals surface area contributed by atoms with Crippen molar-refractivity contribution in [2.75, 3.05) is 37.8 Å². The molecule has 6 nitrogen and oxygen atoms in total. The Balaban J connectivity index is 1.31. The van der Waals surface area contributed by atoms with Crippen molar-refractivity contribution in [2.24, 2.45) is 5.92 Å². The summed E-state index contributed by atoms with van der Waals surface area (Å²) in [5.74, 6) is 1.60. The van der Waals surface area contributed by atoms with Crippen molar-refractivity contribution in [3.8, 4) is 0 Å². The summed E-state index contributed by atoms with van der Waals surface area (Å²) in [7, 11) is 1.81. The molecule has 0 unspecified atom stereocenters. The van der Waals surface area contributed by atoms with Gasteiger partial charge in [0.15, 0.2) is 0 Å². The third kappa shape index (κ3) is 3.55. The number of nitrogens with one attached hydrogen (secondary N) is 1. The lowest BCUT2D eigenvalue weighted by atomic mass is 9.84. The van der Waals surface area contributed by atoms with Gasteiger partial charge in [0, 0.05) is 43.9 Å². The van der Waals surface area contributed by atoms with E-state index in [9.17, 15) is 0 Å². The van der Waals surface area contributed by atoms with E-state index in [-0.39, 0.29) is 0 Å². The van der Waals surface area contributed by atoms with E-state index in [0.717, 1.165) is 48.1 Å². The van der Waals surface area contributed by atoms with Crippen molar-refractivity contribution in [3.63, 3.8) is 0 Å². The predicted molar refractivity (Wildman–Crippen MR) is 101 cm³/mol. The number of methoxy groups -OCH3 is 1. The van der Waals surface area contributed by atoms with Crippen molar-refractivity contribution in [1.29, 1.82) is 0 Å². The van der Waals surface area contributed by atoms with Gasteiger partial charge in [0.2, 0.25) is 0 Å². The smallest absolute Gasteiger partial charge is 0.137 e. The highest BCUT2D eigenvalue weighted by Crippen LogP contribution is 2.31. The van der Waals surface area contributed by atoms with Gasteiger partial charge in [-0.15, -0.1) is 0 Å². The Morgan fingerprint density at radius 2 is 2.00 bits per heavy atom. The predicted octanol–water partition coefficient (Wildman–Crippen LogP) is 2.51. The topological polar surface area (TPSA) is 76.3 Å². The second kappa shape index (κ2) is 7.14. The molecule has 0 atom stereocenters. The van der Waals surface area contributed by atoms with E-state index < -0.39 is 0 Å². The number of benzene rings is 1. The minimum Gasteiger partial charge on any atom is -0.399 e. The first-order valence-corrected chi connectivity index (χ1v) is 9.24. The third-order valence-corrected chi connectivity index (χ3v) is 5.76. The molecule has 0 bridgehead atoms. The Morgan fingerprint density at radius 3 is 2.76 bits per heavy atom. The van der Waals surface area contributed by atoms with Gasteiger partial charge in [0.1, 0.15) is 12.1 Å². The van der Waals surface area contributed by atoms with E-state index in [1.807, 2.05) is 25.3 Å². The zero-order valence-corrected chi connectivity index (χ0v) is 14.8. The summed E-state index contributed by atoms with van der Waals surface area (Å²) in [4.78, 5) is 11.3. The van der Waals surface area contributed by atoms with Gasteiger partial charge < -0.3 is 15.8 Å². The summed E-state index contributed by atoms with van der Waals surface area (Å²) in [6, 6.07) is 6.53. The summed E-state index contributed by atoms with van der Waals surface area (Å²) < 4.78 is 5.39. The highest BCUT2D eigenvalue weighted by molar-refractivity contribution is 5.91. The summed E-state index contributed by atoms with van der Waals surface area (Å²) in [6.07, 6.45) is 7.21. The number of hydrogen-bond donors (Lipinski definition) is 2. The molecule has 1 saturated heterocycles. The number of hydrogen-bond acceptors (Lipinski definition) is 6. The standard InChI is InChI=1S/C19H27N5O/c1-25-16-10-24(11-16)15-5-2-13(3-6-15)9-21-19-17-8-14(20)4-7-18(17)22-12-23-19/h4,7-8,12-13,15-16H,2-3,5-6,9-11,20H2,1H3,(H,21,22,23)/t13-,15-. The minimum atomic E-state index is 0.456. The number of aromatic nitrogens is 2. The first kappa shape index (κ1) is 16.5. The molecule has 6 heteroatoms. The first-order valence-electron chi connectivity index (χ1n) is 9.24. The van der Waals surface area contributed by atoms with Gasteiger partial charge in [-0.25, -0.2) is 9.97 Å². The average Bonchev–Trinajstić information content (AvgIpc) is 2.60. The van der Waals surface area contributed by atoms with Gasteiger partial charge in [0.05, 0.1) is 11.6 Å². The lowest BCUT2D eigenvalue weighted by molar-refractivity contribution is -0.0592. The highest BCUT2D eigenvalue weighted by atomic mass is 16.5. The van der Waals surface area contributed by atoms with Crippen molar-refractivity contribution >= 4 is 22.4 Å². The fourth-order valence-electron chi connectivity index (χ4n) is 4.09. The van der Waals surface area contributed by atoms with Crippen LogP contribution in [0.2, 0.25) is 0 Å². The maximum atomic E-state index is 5.92. The maximum Gasteiger partial charge on any atom is 0.137 e. The second-order valence-corrected chi connectivity index (χ2v) is 7.37. The number of nitrogen functional groups attached to an aromatic ring is 1. The fourth-order valence-corrected chi connectivity index (χ4v) is 4.09. The molecule has 1 aromatic carbocycles.